The molecule has 136 valence electrons. The van der Waals surface area contributed by atoms with Gasteiger partial charge in [0.1, 0.15) is 0 Å². The van der Waals surface area contributed by atoms with Crippen molar-refractivity contribution >= 4 is 29.3 Å². The summed E-state index contributed by atoms with van der Waals surface area (Å²) in [4.78, 5) is 23.5. The van der Waals surface area contributed by atoms with E-state index in [4.69, 9.17) is 9.47 Å². The zero-order chi connectivity index (χ0) is 19.1. The molecule has 0 aliphatic carbocycles. The monoisotopic (exact) mass is 354 g/mol. The summed E-state index contributed by atoms with van der Waals surface area (Å²) in [5.74, 6) is 0.816. The minimum Gasteiger partial charge on any atom is -0.493 e. The first-order valence-electron chi connectivity index (χ1n) is 8.02. The Morgan fingerprint density at radius 1 is 0.885 bits per heavy atom. The fraction of sp³-hybridized carbons (Fsp3) is 0.200. The maximum Gasteiger partial charge on any atom is 0.251 e. The van der Waals surface area contributed by atoms with Crippen molar-refractivity contribution < 1.29 is 19.1 Å². The van der Waals surface area contributed by atoms with E-state index in [1.54, 1.807) is 63.6 Å². The molecule has 0 aromatic heterocycles. The van der Waals surface area contributed by atoms with E-state index in [-0.39, 0.29) is 11.8 Å². The summed E-state index contributed by atoms with van der Waals surface area (Å²) in [5, 5.41) is 5.49. The molecule has 0 unspecified atom stereocenters. The van der Waals surface area contributed by atoms with Crippen LogP contribution in [0, 0.1) is 0 Å². The average molecular weight is 354 g/mol. The Morgan fingerprint density at radius 2 is 1.54 bits per heavy atom. The topological polar surface area (TPSA) is 76.7 Å². The van der Waals surface area contributed by atoms with E-state index in [1.807, 2.05) is 6.07 Å². The SMILES string of the molecule is COc1ccc(/C=C(\C)C(=O)Nc2cccc(NC(C)=O)c2)cc1OC. The van der Waals surface area contributed by atoms with Gasteiger partial charge in [-0.3, -0.25) is 9.59 Å². The molecule has 0 saturated heterocycles. The van der Waals surface area contributed by atoms with Gasteiger partial charge in [0.2, 0.25) is 5.91 Å². The molecule has 2 N–H and O–H groups in total. The smallest absolute Gasteiger partial charge is 0.251 e. The summed E-state index contributed by atoms with van der Waals surface area (Å²) >= 11 is 0. The summed E-state index contributed by atoms with van der Waals surface area (Å²) in [6.45, 7) is 3.16. The molecular weight excluding hydrogens is 332 g/mol. The molecule has 6 nitrogen and oxygen atoms in total. The van der Waals surface area contributed by atoms with Gasteiger partial charge in [-0.15, -0.1) is 0 Å². The molecule has 0 heterocycles. The second-order valence-electron chi connectivity index (χ2n) is 5.66. The summed E-state index contributed by atoms with van der Waals surface area (Å²) in [6.07, 6.45) is 1.76. The highest BCUT2D eigenvalue weighted by Crippen LogP contribution is 2.28. The van der Waals surface area contributed by atoms with E-state index >= 15 is 0 Å². The number of amides is 2. The van der Waals surface area contributed by atoms with E-state index in [2.05, 4.69) is 10.6 Å². The molecule has 2 amide bonds. The number of ether oxygens (including phenoxy) is 2. The van der Waals surface area contributed by atoms with Crippen molar-refractivity contribution in [2.24, 2.45) is 0 Å². The van der Waals surface area contributed by atoms with Crippen LogP contribution < -0.4 is 20.1 Å². The van der Waals surface area contributed by atoms with Crippen molar-refractivity contribution in [2.75, 3.05) is 24.9 Å². The van der Waals surface area contributed by atoms with E-state index in [0.29, 0.717) is 28.4 Å². The minimum atomic E-state index is -0.236. The molecule has 0 saturated carbocycles. The highest BCUT2D eigenvalue weighted by molar-refractivity contribution is 6.06. The maximum atomic E-state index is 12.4. The maximum absolute atomic E-state index is 12.4. The van der Waals surface area contributed by atoms with E-state index in [9.17, 15) is 9.59 Å². The van der Waals surface area contributed by atoms with Crippen LogP contribution >= 0.6 is 0 Å². The molecule has 2 rings (SSSR count). The largest absolute Gasteiger partial charge is 0.493 e. The van der Waals surface area contributed by atoms with Crippen molar-refractivity contribution in [1.29, 1.82) is 0 Å². The second kappa shape index (κ2) is 8.71. The highest BCUT2D eigenvalue weighted by Gasteiger charge is 2.08. The molecule has 0 fully saturated rings. The van der Waals surface area contributed by atoms with Gasteiger partial charge in [0.05, 0.1) is 14.2 Å². The van der Waals surface area contributed by atoms with Crippen LogP contribution in [0.25, 0.3) is 6.08 Å². The van der Waals surface area contributed by atoms with Gasteiger partial charge in [0, 0.05) is 23.9 Å². The Labute approximate surface area is 152 Å². The van der Waals surface area contributed by atoms with E-state index in [1.165, 1.54) is 6.92 Å². The lowest BCUT2D eigenvalue weighted by Gasteiger charge is -2.10. The quantitative estimate of drug-likeness (QED) is 0.776. The molecule has 0 bridgehead atoms. The van der Waals surface area contributed by atoms with Crippen LogP contribution in [0.1, 0.15) is 19.4 Å². The Hall–Kier alpha value is -3.28. The molecule has 0 radical (unpaired) electrons. The number of hydrogen-bond acceptors (Lipinski definition) is 4. The number of anilines is 2. The molecule has 0 aliphatic rings. The molecule has 0 spiro atoms. The molecule has 2 aromatic carbocycles. The lowest BCUT2D eigenvalue weighted by atomic mass is 10.1. The van der Waals surface area contributed by atoms with E-state index in [0.717, 1.165) is 5.56 Å². The van der Waals surface area contributed by atoms with Gasteiger partial charge in [-0.05, 0) is 48.9 Å². The first-order chi connectivity index (χ1) is 12.4. The normalized spacial score (nSPS) is 10.8. The van der Waals surface area contributed by atoms with Crippen molar-refractivity contribution in [3.8, 4) is 11.5 Å². The number of hydrogen-bond donors (Lipinski definition) is 2. The van der Waals surface area contributed by atoms with E-state index < -0.39 is 0 Å². The molecular formula is C20H22N2O4. The third-order valence-electron chi connectivity index (χ3n) is 3.59. The fourth-order valence-corrected chi connectivity index (χ4v) is 2.37. The number of carbonyl (C=O) groups is 2. The highest BCUT2D eigenvalue weighted by atomic mass is 16.5. The summed E-state index contributed by atoms with van der Waals surface area (Å²) in [5.41, 5.74) is 2.57. The number of methoxy groups -OCH3 is 2. The molecule has 2 aromatic rings. The summed E-state index contributed by atoms with van der Waals surface area (Å²) in [7, 11) is 3.13. The van der Waals surface area contributed by atoms with Crippen LogP contribution in [0.15, 0.2) is 48.0 Å². The average Bonchev–Trinajstić information content (AvgIpc) is 2.61. The lowest BCUT2D eigenvalue weighted by Crippen LogP contribution is -2.13. The summed E-state index contributed by atoms with van der Waals surface area (Å²) in [6, 6.07) is 12.4. The van der Waals surface area contributed by atoms with Crippen LogP contribution in [-0.4, -0.2) is 26.0 Å². The zero-order valence-corrected chi connectivity index (χ0v) is 15.3. The van der Waals surface area contributed by atoms with Crippen LogP contribution in [0.3, 0.4) is 0 Å². The third-order valence-corrected chi connectivity index (χ3v) is 3.59. The predicted octanol–water partition coefficient (Wildman–Crippen LogP) is 3.70. The number of carbonyl (C=O) groups excluding carboxylic acids is 2. The number of rotatable bonds is 6. The molecule has 0 aliphatic heterocycles. The van der Waals surface area contributed by atoms with Crippen LogP contribution in [0.2, 0.25) is 0 Å². The Kier molecular flexibility index (Phi) is 6.38. The van der Waals surface area contributed by atoms with Gasteiger partial charge in [-0.25, -0.2) is 0 Å². The summed E-state index contributed by atoms with van der Waals surface area (Å²) < 4.78 is 10.5. The van der Waals surface area contributed by atoms with Crippen LogP contribution in [0.4, 0.5) is 11.4 Å². The Bertz CT molecular complexity index is 843. The van der Waals surface area contributed by atoms with Crippen molar-refractivity contribution in [2.45, 2.75) is 13.8 Å². The number of benzene rings is 2. The van der Waals surface area contributed by atoms with Crippen molar-refractivity contribution in [1.82, 2.24) is 0 Å². The minimum absolute atomic E-state index is 0.169. The van der Waals surface area contributed by atoms with Gasteiger partial charge < -0.3 is 20.1 Å². The number of nitrogens with one attached hydrogen (secondary N) is 2. The van der Waals surface area contributed by atoms with Gasteiger partial charge in [0.15, 0.2) is 11.5 Å². The predicted molar refractivity (Wildman–Crippen MR) is 103 cm³/mol. The zero-order valence-electron chi connectivity index (χ0n) is 15.3. The second-order valence-corrected chi connectivity index (χ2v) is 5.66. The Morgan fingerprint density at radius 3 is 2.15 bits per heavy atom. The molecule has 0 atom stereocenters. The van der Waals surface area contributed by atoms with Gasteiger partial charge >= 0.3 is 0 Å². The van der Waals surface area contributed by atoms with Crippen molar-refractivity contribution in [3.63, 3.8) is 0 Å². The standard InChI is InChI=1S/C20H22N2O4/c1-13(10-15-8-9-18(25-3)19(11-15)26-4)20(24)22-17-7-5-6-16(12-17)21-14(2)23/h5-12H,1-4H3,(H,21,23)(H,22,24)/b13-10+. The molecule has 26 heavy (non-hydrogen) atoms. The van der Waals surface area contributed by atoms with Crippen LogP contribution in [0.5, 0.6) is 11.5 Å². The fourth-order valence-electron chi connectivity index (χ4n) is 2.37. The Balaban J connectivity index is 2.14. The van der Waals surface area contributed by atoms with Crippen molar-refractivity contribution in [3.05, 3.63) is 53.6 Å². The first kappa shape index (κ1) is 19.1. The first-order valence-corrected chi connectivity index (χ1v) is 8.02. The van der Waals surface area contributed by atoms with Crippen LogP contribution in [-0.2, 0) is 9.59 Å². The molecule has 6 heteroatoms. The van der Waals surface area contributed by atoms with Gasteiger partial charge in [-0.1, -0.05) is 12.1 Å². The third kappa shape index (κ3) is 5.11. The van der Waals surface area contributed by atoms with Gasteiger partial charge in [-0.2, -0.15) is 0 Å². The lowest BCUT2D eigenvalue weighted by molar-refractivity contribution is -0.114. The van der Waals surface area contributed by atoms with Gasteiger partial charge in [0.25, 0.3) is 5.91 Å².